The van der Waals surface area contributed by atoms with Gasteiger partial charge in [0.15, 0.2) is 23.3 Å². The highest BCUT2D eigenvalue weighted by Crippen LogP contribution is 2.28. The van der Waals surface area contributed by atoms with Crippen LogP contribution in [0.2, 0.25) is 0 Å². The molecule has 5 heteroatoms. The molecular formula is C14H21F2N3. The van der Waals surface area contributed by atoms with Crippen LogP contribution in [0.3, 0.4) is 0 Å². The quantitative estimate of drug-likeness (QED) is 0.907. The van der Waals surface area contributed by atoms with Gasteiger partial charge in [-0.05, 0) is 18.8 Å². The number of nitrogens with zero attached hydrogens (tertiary/aromatic N) is 2. The third kappa shape index (κ3) is 3.14. The van der Waals surface area contributed by atoms with Crippen LogP contribution in [0.4, 0.5) is 20.4 Å². The molecule has 0 amide bonds. The molecule has 0 saturated carbocycles. The highest BCUT2D eigenvalue weighted by molar-refractivity contribution is 5.49. The number of halogens is 2. The van der Waals surface area contributed by atoms with Gasteiger partial charge in [0, 0.05) is 26.2 Å². The van der Waals surface area contributed by atoms with Crippen molar-refractivity contribution in [2.45, 2.75) is 32.6 Å². The first-order chi connectivity index (χ1) is 9.15. The van der Waals surface area contributed by atoms with Crippen molar-refractivity contribution in [2.24, 2.45) is 5.92 Å². The zero-order valence-electron chi connectivity index (χ0n) is 11.5. The van der Waals surface area contributed by atoms with Crippen LogP contribution in [0.15, 0.2) is 6.07 Å². The molecule has 2 rings (SSSR count). The first kappa shape index (κ1) is 14.0. The van der Waals surface area contributed by atoms with Gasteiger partial charge in [0.2, 0.25) is 0 Å². The second-order valence-electron chi connectivity index (χ2n) is 5.09. The molecule has 1 aliphatic heterocycles. The molecule has 0 radical (unpaired) electrons. The van der Waals surface area contributed by atoms with Crippen molar-refractivity contribution in [3.63, 3.8) is 0 Å². The number of anilines is 2. The fraction of sp³-hybridized carbons (Fsp3) is 0.643. The van der Waals surface area contributed by atoms with E-state index >= 15 is 0 Å². The normalized spacial score (nSPS) is 16.7. The Morgan fingerprint density at radius 2 is 2.00 bits per heavy atom. The number of aromatic nitrogens is 1. The minimum atomic E-state index is -0.649. The lowest BCUT2D eigenvalue weighted by atomic mass is 9.92. The summed E-state index contributed by atoms with van der Waals surface area (Å²) in [7, 11) is 1.58. The maximum Gasteiger partial charge on any atom is 0.168 e. The molecule has 0 aromatic carbocycles. The van der Waals surface area contributed by atoms with E-state index in [9.17, 15) is 8.78 Å². The number of nitrogens with one attached hydrogen (secondary N) is 1. The standard InChI is InChI=1S/C14H21F2N3/c1-3-4-10-5-7-19(8-6-10)14-12(16)9-11(15)13(17-2)18-14/h9-10H,3-8H2,1-2H3,(H,17,18). The van der Waals surface area contributed by atoms with Gasteiger partial charge >= 0.3 is 0 Å². The van der Waals surface area contributed by atoms with Crippen molar-refractivity contribution in [3.05, 3.63) is 17.7 Å². The zero-order valence-corrected chi connectivity index (χ0v) is 11.5. The number of rotatable bonds is 4. The van der Waals surface area contributed by atoms with Gasteiger partial charge in [0.05, 0.1) is 0 Å². The van der Waals surface area contributed by atoms with Gasteiger partial charge in [-0.3, -0.25) is 0 Å². The monoisotopic (exact) mass is 269 g/mol. The molecule has 19 heavy (non-hydrogen) atoms. The topological polar surface area (TPSA) is 28.2 Å². The Morgan fingerprint density at radius 1 is 1.32 bits per heavy atom. The van der Waals surface area contributed by atoms with E-state index in [1.807, 2.05) is 4.90 Å². The SMILES string of the molecule is CCCC1CCN(c2nc(NC)c(F)cc2F)CC1. The van der Waals surface area contributed by atoms with Crippen molar-refractivity contribution < 1.29 is 8.78 Å². The summed E-state index contributed by atoms with van der Waals surface area (Å²) in [5.74, 6) is -0.128. The maximum atomic E-state index is 13.8. The van der Waals surface area contributed by atoms with Gasteiger partial charge in [0.1, 0.15) is 0 Å². The molecule has 0 aliphatic carbocycles. The van der Waals surface area contributed by atoms with Crippen molar-refractivity contribution in [2.75, 3.05) is 30.4 Å². The van der Waals surface area contributed by atoms with E-state index in [1.54, 1.807) is 7.05 Å². The minimum Gasteiger partial charge on any atom is -0.371 e. The second-order valence-corrected chi connectivity index (χ2v) is 5.09. The molecule has 0 atom stereocenters. The molecule has 0 unspecified atom stereocenters. The van der Waals surface area contributed by atoms with Crippen LogP contribution >= 0.6 is 0 Å². The molecule has 106 valence electrons. The van der Waals surface area contributed by atoms with Gasteiger partial charge in [-0.25, -0.2) is 13.8 Å². The predicted molar refractivity (Wildman–Crippen MR) is 73.5 cm³/mol. The van der Waals surface area contributed by atoms with E-state index < -0.39 is 11.6 Å². The van der Waals surface area contributed by atoms with E-state index in [1.165, 1.54) is 12.8 Å². The molecule has 1 fully saturated rings. The summed E-state index contributed by atoms with van der Waals surface area (Å²) in [4.78, 5) is 5.97. The van der Waals surface area contributed by atoms with Crippen LogP contribution in [0.25, 0.3) is 0 Å². The average molecular weight is 269 g/mol. The lowest BCUT2D eigenvalue weighted by Crippen LogP contribution is -2.35. The summed E-state index contributed by atoms with van der Waals surface area (Å²) < 4.78 is 27.2. The Morgan fingerprint density at radius 3 is 2.58 bits per heavy atom. The summed E-state index contributed by atoms with van der Waals surface area (Å²) in [5, 5.41) is 2.65. The van der Waals surface area contributed by atoms with Crippen molar-refractivity contribution in [1.82, 2.24) is 4.98 Å². The molecule has 1 aliphatic rings. The van der Waals surface area contributed by atoms with Crippen LogP contribution in [-0.4, -0.2) is 25.1 Å². The molecule has 2 heterocycles. The summed E-state index contributed by atoms with van der Waals surface area (Å²) in [6.45, 7) is 3.78. The third-order valence-electron chi connectivity index (χ3n) is 3.76. The van der Waals surface area contributed by atoms with Gasteiger partial charge in [-0.15, -0.1) is 0 Å². The Kier molecular flexibility index (Phi) is 4.56. The highest BCUT2D eigenvalue weighted by Gasteiger charge is 2.23. The molecule has 0 bridgehead atoms. The smallest absolute Gasteiger partial charge is 0.168 e. The Balaban J connectivity index is 2.11. The van der Waals surface area contributed by atoms with Crippen LogP contribution < -0.4 is 10.2 Å². The van der Waals surface area contributed by atoms with Gasteiger partial charge in [-0.1, -0.05) is 19.8 Å². The number of pyridine rings is 1. The Hall–Kier alpha value is -1.39. The Labute approximate surface area is 113 Å². The van der Waals surface area contributed by atoms with Crippen molar-refractivity contribution >= 4 is 11.6 Å². The number of hydrogen-bond acceptors (Lipinski definition) is 3. The van der Waals surface area contributed by atoms with Crippen LogP contribution in [0, 0.1) is 17.6 Å². The van der Waals surface area contributed by atoms with Gasteiger partial charge < -0.3 is 10.2 Å². The van der Waals surface area contributed by atoms with Gasteiger partial charge in [0.25, 0.3) is 0 Å². The first-order valence-corrected chi connectivity index (χ1v) is 6.94. The fourth-order valence-electron chi connectivity index (χ4n) is 2.70. The van der Waals surface area contributed by atoms with E-state index in [2.05, 4.69) is 17.2 Å². The molecule has 1 aromatic rings. The van der Waals surface area contributed by atoms with E-state index in [4.69, 9.17) is 0 Å². The zero-order chi connectivity index (χ0) is 13.8. The summed E-state index contributed by atoms with van der Waals surface area (Å²) in [6, 6.07) is 0.909. The van der Waals surface area contributed by atoms with Crippen LogP contribution in [-0.2, 0) is 0 Å². The predicted octanol–water partition coefficient (Wildman–Crippen LogP) is 3.42. The van der Waals surface area contributed by atoms with Crippen molar-refractivity contribution in [1.29, 1.82) is 0 Å². The molecule has 1 saturated heterocycles. The fourth-order valence-corrected chi connectivity index (χ4v) is 2.70. The molecule has 1 aromatic heterocycles. The first-order valence-electron chi connectivity index (χ1n) is 6.94. The summed E-state index contributed by atoms with van der Waals surface area (Å²) >= 11 is 0. The largest absolute Gasteiger partial charge is 0.371 e. The lowest BCUT2D eigenvalue weighted by Gasteiger charge is -2.33. The molecular weight excluding hydrogens is 248 g/mol. The maximum absolute atomic E-state index is 13.8. The summed E-state index contributed by atoms with van der Waals surface area (Å²) in [5.41, 5.74) is 0. The highest BCUT2D eigenvalue weighted by atomic mass is 19.1. The van der Waals surface area contributed by atoms with Gasteiger partial charge in [-0.2, -0.15) is 0 Å². The summed E-state index contributed by atoms with van der Waals surface area (Å²) in [6.07, 6.45) is 4.54. The lowest BCUT2D eigenvalue weighted by molar-refractivity contribution is 0.375. The molecule has 1 N–H and O–H groups in total. The van der Waals surface area contributed by atoms with E-state index in [0.717, 1.165) is 37.9 Å². The Bertz CT molecular complexity index is 429. The second kappa shape index (κ2) is 6.17. The minimum absolute atomic E-state index is 0.104. The third-order valence-corrected chi connectivity index (χ3v) is 3.76. The number of piperidine rings is 1. The number of hydrogen-bond donors (Lipinski definition) is 1. The van der Waals surface area contributed by atoms with Crippen molar-refractivity contribution in [3.8, 4) is 0 Å². The average Bonchev–Trinajstić information content (AvgIpc) is 2.41. The van der Waals surface area contributed by atoms with Crippen LogP contribution in [0.5, 0.6) is 0 Å². The van der Waals surface area contributed by atoms with Crippen LogP contribution in [0.1, 0.15) is 32.6 Å². The molecule has 0 spiro atoms. The van der Waals surface area contributed by atoms with E-state index in [0.29, 0.717) is 0 Å². The molecule has 3 nitrogen and oxygen atoms in total. The van der Waals surface area contributed by atoms with E-state index in [-0.39, 0.29) is 11.6 Å².